The second-order valence-corrected chi connectivity index (χ2v) is 10.1. The van der Waals surface area contributed by atoms with Crippen molar-refractivity contribution in [3.63, 3.8) is 0 Å². The van der Waals surface area contributed by atoms with E-state index in [-0.39, 0.29) is 30.5 Å². The van der Waals surface area contributed by atoms with Gasteiger partial charge in [-0.05, 0) is 93.9 Å². The smallest absolute Gasteiger partial charge is 0.338 e. The maximum absolute atomic E-state index is 12.5. The van der Waals surface area contributed by atoms with Crippen molar-refractivity contribution < 1.29 is 29.0 Å². The highest BCUT2D eigenvalue weighted by molar-refractivity contribution is 5.94. The number of esters is 2. The fraction of sp³-hybridized carbons (Fsp3) is 0.625. The second-order valence-electron chi connectivity index (χ2n) is 10.1. The molecule has 0 saturated heterocycles. The van der Waals surface area contributed by atoms with Gasteiger partial charge in [0.1, 0.15) is 0 Å². The number of benzene rings is 1. The number of hydrogen-bond donors (Lipinski definition) is 2. The van der Waals surface area contributed by atoms with Crippen molar-refractivity contribution >= 4 is 23.5 Å². The van der Waals surface area contributed by atoms with Crippen LogP contribution in [0.2, 0.25) is 0 Å². The van der Waals surface area contributed by atoms with E-state index in [0.717, 1.165) is 32.1 Å². The monoisotopic (exact) mass is 429 g/mol. The minimum absolute atomic E-state index is 0.174. The zero-order valence-corrected chi connectivity index (χ0v) is 18.2. The van der Waals surface area contributed by atoms with Crippen LogP contribution >= 0.6 is 0 Å². The van der Waals surface area contributed by atoms with Gasteiger partial charge in [0.15, 0.2) is 6.61 Å². The number of hydrogen-bond acceptors (Lipinski definition) is 6. The van der Waals surface area contributed by atoms with E-state index in [1.807, 2.05) is 0 Å². The van der Waals surface area contributed by atoms with E-state index in [2.05, 4.69) is 5.32 Å². The van der Waals surface area contributed by atoms with Crippen LogP contribution in [0.25, 0.3) is 0 Å². The summed E-state index contributed by atoms with van der Waals surface area (Å²) in [5.74, 6) is -0.232. The average molecular weight is 430 g/mol. The molecule has 5 rings (SSSR count). The number of aliphatic hydroxyl groups is 1. The highest BCUT2D eigenvalue weighted by Gasteiger charge is 2.57. The Morgan fingerprint density at radius 2 is 1.74 bits per heavy atom. The Morgan fingerprint density at radius 3 is 2.32 bits per heavy atom. The molecule has 1 aromatic carbocycles. The standard InChI is InChI=1S/C24H31NO6/c1-15(2)31-22(28)18-3-5-19(6-4-18)25-20(26)13-30-21(27)12-23-8-16-7-17(9-23)11-24(29,10-16)14-23/h3-6,15-17,29H,7-14H2,1-2H3,(H,25,26)/t16-,17+,23?,24?. The molecule has 0 aliphatic heterocycles. The number of ether oxygens (including phenoxy) is 2. The maximum Gasteiger partial charge on any atom is 0.338 e. The van der Waals surface area contributed by atoms with Gasteiger partial charge in [-0.1, -0.05) is 0 Å². The van der Waals surface area contributed by atoms with Crippen molar-refractivity contribution in [2.24, 2.45) is 17.3 Å². The fourth-order valence-electron chi connectivity index (χ4n) is 6.28. The van der Waals surface area contributed by atoms with Crippen LogP contribution in [-0.4, -0.2) is 41.3 Å². The number of carbonyl (C=O) groups excluding carboxylic acids is 3. The van der Waals surface area contributed by atoms with Gasteiger partial charge in [-0.15, -0.1) is 0 Å². The van der Waals surface area contributed by atoms with Gasteiger partial charge in [-0.25, -0.2) is 4.79 Å². The fourth-order valence-corrected chi connectivity index (χ4v) is 6.28. The highest BCUT2D eigenvalue weighted by Crippen LogP contribution is 2.62. The molecule has 4 saturated carbocycles. The molecule has 0 spiro atoms. The molecule has 4 atom stereocenters. The van der Waals surface area contributed by atoms with E-state index >= 15 is 0 Å². The van der Waals surface area contributed by atoms with Gasteiger partial charge in [0, 0.05) is 5.69 Å². The first-order chi connectivity index (χ1) is 14.6. The molecule has 0 heterocycles. The summed E-state index contributed by atoms with van der Waals surface area (Å²) < 4.78 is 10.4. The van der Waals surface area contributed by atoms with Crippen LogP contribution in [0.1, 0.15) is 69.2 Å². The summed E-state index contributed by atoms with van der Waals surface area (Å²) in [7, 11) is 0. The lowest BCUT2D eigenvalue weighted by Gasteiger charge is -2.60. The Hall–Kier alpha value is -2.41. The lowest BCUT2D eigenvalue weighted by Crippen LogP contribution is -2.56. The summed E-state index contributed by atoms with van der Waals surface area (Å²) >= 11 is 0. The molecule has 2 N–H and O–H groups in total. The molecule has 7 heteroatoms. The molecular formula is C24H31NO6. The van der Waals surface area contributed by atoms with Gasteiger partial charge in [0.2, 0.25) is 0 Å². The minimum atomic E-state index is -0.616. The van der Waals surface area contributed by atoms with Crippen molar-refractivity contribution in [3.05, 3.63) is 29.8 Å². The number of anilines is 1. The Bertz CT molecular complexity index is 847. The highest BCUT2D eigenvalue weighted by atomic mass is 16.5. The van der Waals surface area contributed by atoms with Gasteiger partial charge in [0.05, 0.1) is 23.7 Å². The molecule has 0 aromatic heterocycles. The Labute approximate surface area is 182 Å². The van der Waals surface area contributed by atoms with Crippen molar-refractivity contribution in [2.45, 2.75) is 70.5 Å². The van der Waals surface area contributed by atoms with Crippen LogP contribution in [-0.2, 0) is 19.1 Å². The Morgan fingerprint density at radius 1 is 1.10 bits per heavy atom. The van der Waals surface area contributed by atoms with Gasteiger partial charge in [0.25, 0.3) is 5.91 Å². The summed E-state index contributed by atoms with van der Waals surface area (Å²) in [6.07, 6.45) is 5.55. The van der Waals surface area contributed by atoms with Gasteiger partial charge < -0.3 is 19.9 Å². The minimum Gasteiger partial charge on any atom is -0.459 e. The summed E-state index contributed by atoms with van der Waals surface area (Å²) in [6, 6.07) is 6.35. The number of rotatable bonds is 7. The topological polar surface area (TPSA) is 102 Å². The van der Waals surface area contributed by atoms with E-state index in [0.29, 0.717) is 29.5 Å². The zero-order chi connectivity index (χ0) is 22.2. The predicted octanol–water partition coefficient (Wildman–Crippen LogP) is 3.45. The van der Waals surface area contributed by atoms with Crippen molar-refractivity contribution in [3.8, 4) is 0 Å². The predicted molar refractivity (Wildman–Crippen MR) is 113 cm³/mol. The molecule has 0 radical (unpaired) electrons. The Balaban J connectivity index is 1.25. The molecule has 4 fully saturated rings. The van der Waals surface area contributed by atoms with Crippen LogP contribution in [0.5, 0.6) is 0 Å². The normalized spacial score (nSPS) is 30.8. The molecule has 31 heavy (non-hydrogen) atoms. The molecule has 1 amide bonds. The van der Waals surface area contributed by atoms with Gasteiger partial charge in [-0.2, -0.15) is 0 Å². The zero-order valence-electron chi connectivity index (χ0n) is 18.2. The summed E-state index contributed by atoms with van der Waals surface area (Å²) in [6.45, 7) is 3.20. The van der Waals surface area contributed by atoms with Crippen molar-refractivity contribution in [1.29, 1.82) is 0 Å². The third-order valence-electron chi connectivity index (χ3n) is 6.78. The third-order valence-corrected chi connectivity index (χ3v) is 6.78. The van der Waals surface area contributed by atoms with Crippen molar-refractivity contribution in [1.82, 2.24) is 0 Å². The van der Waals surface area contributed by atoms with Crippen LogP contribution < -0.4 is 5.32 Å². The largest absolute Gasteiger partial charge is 0.459 e. The lowest BCUT2D eigenvalue weighted by molar-refractivity contribution is -0.177. The molecule has 4 aliphatic rings. The first-order valence-electron chi connectivity index (χ1n) is 11.1. The molecule has 4 aliphatic carbocycles. The molecule has 2 unspecified atom stereocenters. The van der Waals surface area contributed by atoms with Gasteiger partial charge >= 0.3 is 11.9 Å². The summed E-state index contributed by atoms with van der Waals surface area (Å²) in [5.41, 5.74) is 0.114. The number of carbonyl (C=O) groups is 3. The Kier molecular flexibility index (Phi) is 5.81. The second kappa shape index (κ2) is 8.26. The number of amides is 1. The van der Waals surface area contributed by atoms with E-state index in [1.54, 1.807) is 38.1 Å². The summed E-state index contributed by atoms with van der Waals surface area (Å²) in [5, 5.41) is 13.5. The first kappa shape index (κ1) is 21.8. The summed E-state index contributed by atoms with van der Waals surface area (Å²) in [4.78, 5) is 36.5. The lowest BCUT2D eigenvalue weighted by atomic mass is 9.47. The van der Waals surface area contributed by atoms with Crippen molar-refractivity contribution in [2.75, 3.05) is 11.9 Å². The SMILES string of the molecule is CC(C)OC(=O)c1ccc(NC(=O)COC(=O)CC23C[C@@H]4C[C@@H](CC(O)(C4)C2)C3)cc1. The molecule has 7 nitrogen and oxygen atoms in total. The van der Waals surface area contributed by atoms with E-state index < -0.39 is 17.5 Å². The van der Waals surface area contributed by atoms with E-state index in [1.165, 1.54) is 0 Å². The maximum atomic E-state index is 12.5. The van der Waals surface area contributed by atoms with E-state index in [9.17, 15) is 19.5 Å². The van der Waals surface area contributed by atoms with E-state index in [4.69, 9.17) is 9.47 Å². The van der Waals surface area contributed by atoms with Crippen LogP contribution in [0, 0.1) is 17.3 Å². The van der Waals surface area contributed by atoms with Gasteiger partial charge in [-0.3, -0.25) is 9.59 Å². The quantitative estimate of drug-likeness (QED) is 0.644. The van der Waals surface area contributed by atoms with Crippen LogP contribution in [0.3, 0.4) is 0 Å². The third kappa shape index (κ3) is 5.09. The molecule has 4 bridgehead atoms. The number of nitrogens with one attached hydrogen (secondary N) is 1. The average Bonchev–Trinajstić information content (AvgIpc) is 2.64. The first-order valence-corrected chi connectivity index (χ1v) is 11.1. The molecular weight excluding hydrogens is 398 g/mol. The van der Waals surface area contributed by atoms with Crippen LogP contribution in [0.4, 0.5) is 5.69 Å². The van der Waals surface area contributed by atoms with Crippen LogP contribution in [0.15, 0.2) is 24.3 Å². The molecule has 1 aromatic rings. The molecule has 168 valence electrons.